The molecular formula is C19H31NO. The number of hydrogen-bond acceptors (Lipinski definition) is 2. The zero-order valence-electron chi connectivity index (χ0n) is 13.6. The molecule has 0 aliphatic carbocycles. The molecule has 118 valence electrons. The molecule has 1 N–H and O–H groups in total. The molecule has 0 bridgehead atoms. The lowest BCUT2D eigenvalue weighted by Crippen LogP contribution is -1.87. The van der Waals surface area contributed by atoms with E-state index in [1.807, 2.05) is 18.2 Å². The first-order chi connectivity index (χ1) is 10.3. The Morgan fingerprint density at radius 2 is 1.43 bits per heavy atom. The summed E-state index contributed by atoms with van der Waals surface area (Å²) in [5.74, 6) is 0.310. The molecule has 0 heterocycles. The molecule has 1 rings (SSSR count). The Labute approximate surface area is 130 Å². The van der Waals surface area contributed by atoms with Crippen LogP contribution in [0.1, 0.15) is 76.7 Å². The maximum atomic E-state index is 9.60. The van der Waals surface area contributed by atoms with Crippen molar-refractivity contribution in [3.8, 4) is 5.75 Å². The van der Waals surface area contributed by atoms with Crippen LogP contribution in [0.3, 0.4) is 0 Å². The lowest BCUT2D eigenvalue weighted by molar-refractivity contribution is 0.474. The Hall–Kier alpha value is -1.31. The monoisotopic (exact) mass is 289 g/mol. The number of benzene rings is 1. The number of aliphatic imine (C=N–C) groups is 1. The van der Waals surface area contributed by atoms with Gasteiger partial charge < -0.3 is 5.11 Å². The van der Waals surface area contributed by atoms with Crippen molar-refractivity contribution >= 4 is 6.21 Å². The van der Waals surface area contributed by atoms with Gasteiger partial charge in [0.2, 0.25) is 0 Å². The summed E-state index contributed by atoms with van der Waals surface area (Å²) >= 11 is 0. The number of phenolic OH excluding ortho intramolecular Hbond substituents is 1. The molecule has 2 heteroatoms. The molecule has 0 saturated carbocycles. The van der Waals surface area contributed by atoms with Crippen LogP contribution in [-0.4, -0.2) is 17.9 Å². The number of phenols is 1. The summed E-state index contributed by atoms with van der Waals surface area (Å²) in [6.45, 7) is 3.13. The van der Waals surface area contributed by atoms with Gasteiger partial charge in [0, 0.05) is 18.3 Å². The van der Waals surface area contributed by atoms with Crippen molar-refractivity contribution in [1.82, 2.24) is 0 Å². The molecule has 0 radical (unpaired) electrons. The lowest BCUT2D eigenvalue weighted by atomic mass is 10.1. The average Bonchev–Trinajstić information content (AvgIpc) is 2.50. The molecule has 0 fully saturated rings. The highest BCUT2D eigenvalue weighted by atomic mass is 16.3. The predicted octanol–water partition coefficient (Wildman–Crippen LogP) is 5.73. The van der Waals surface area contributed by atoms with Gasteiger partial charge in [0.05, 0.1) is 0 Å². The lowest BCUT2D eigenvalue weighted by Gasteiger charge is -2.01. The molecule has 0 atom stereocenters. The van der Waals surface area contributed by atoms with E-state index in [0.29, 0.717) is 5.75 Å². The molecule has 2 nitrogen and oxygen atoms in total. The Morgan fingerprint density at radius 1 is 0.857 bits per heavy atom. The van der Waals surface area contributed by atoms with Crippen LogP contribution in [0.15, 0.2) is 29.3 Å². The Balaban J connectivity index is 1.92. The molecular weight excluding hydrogens is 258 g/mol. The van der Waals surface area contributed by atoms with E-state index in [1.54, 1.807) is 12.3 Å². The fourth-order valence-corrected chi connectivity index (χ4v) is 2.45. The van der Waals surface area contributed by atoms with Crippen LogP contribution >= 0.6 is 0 Å². The van der Waals surface area contributed by atoms with Crippen LogP contribution in [0.5, 0.6) is 5.75 Å². The zero-order chi connectivity index (χ0) is 15.2. The quantitative estimate of drug-likeness (QED) is 0.386. The van der Waals surface area contributed by atoms with E-state index in [-0.39, 0.29) is 0 Å². The first kappa shape index (κ1) is 17.7. The number of hydrogen-bond donors (Lipinski definition) is 1. The molecule has 0 aliphatic rings. The zero-order valence-corrected chi connectivity index (χ0v) is 13.6. The van der Waals surface area contributed by atoms with E-state index in [1.165, 1.54) is 57.8 Å². The second-order valence-electron chi connectivity index (χ2n) is 5.78. The molecule has 0 aliphatic heterocycles. The Kier molecular flexibility index (Phi) is 10.5. The standard InChI is InChI=1S/C19H31NO/c1-2-3-4-5-6-7-8-9-10-13-16-20-17-18-14-11-12-15-19(18)21/h11-12,14-15,17,21H,2-10,13,16H2,1H3/b20-17+. The first-order valence-corrected chi connectivity index (χ1v) is 8.62. The van der Waals surface area contributed by atoms with Crippen molar-refractivity contribution in [2.45, 2.75) is 71.1 Å². The topological polar surface area (TPSA) is 32.6 Å². The van der Waals surface area contributed by atoms with Gasteiger partial charge in [-0.1, -0.05) is 76.8 Å². The molecule has 21 heavy (non-hydrogen) atoms. The number of rotatable bonds is 12. The van der Waals surface area contributed by atoms with Crippen molar-refractivity contribution in [3.05, 3.63) is 29.8 Å². The summed E-state index contributed by atoms with van der Waals surface area (Å²) in [6, 6.07) is 7.33. The first-order valence-electron chi connectivity index (χ1n) is 8.62. The van der Waals surface area contributed by atoms with E-state index in [4.69, 9.17) is 0 Å². The van der Waals surface area contributed by atoms with Crippen LogP contribution in [0.4, 0.5) is 0 Å². The van der Waals surface area contributed by atoms with E-state index >= 15 is 0 Å². The number of para-hydroxylation sites is 1. The van der Waals surface area contributed by atoms with Crippen LogP contribution < -0.4 is 0 Å². The highest BCUT2D eigenvalue weighted by molar-refractivity contribution is 5.83. The van der Waals surface area contributed by atoms with Gasteiger partial charge in [0.1, 0.15) is 5.75 Å². The second kappa shape index (κ2) is 12.4. The van der Waals surface area contributed by atoms with Gasteiger partial charge in [-0.25, -0.2) is 0 Å². The summed E-state index contributed by atoms with van der Waals surface area (Å²) in [6.07, 6.45) is 15.3. The maximum absolute atomic E-state index is 9.60. The van der Waals surface area contributed by atoms with Crippen LogP contribution in [0.2, 0.25) is 0 Å². The van der Waals surface area contributed by atoms with Gasteiger partial charge in [-0.3, -0.25) is 4.99 Å². The predicted molar refractivity (Wildman–Crippen MR) is 92.4 cm³/mol. The summed E-state index contributed by atoms with van der Waals surface area (Å²) < 4.78 is 0. The summed E-state index contributed by atoms with van der Waals surface area (Å²) in [5, 5.41) is 9.60. The van der Waals surface area contributed by atoms with Crippen molar-refractivity contribution < 1.29 is 5.11 Å². The number of aromatic hydroxyl groups is 1. The summed E-state index contributed by atoms with van der Waals surface area (Å²) in [4.78, 5) is 4.39. The van der Waals surface area contributed by atoms with Gasteiger partial charge in [0.25, 0.3) is 0 Å². The third kappa shape index (κ3) is 9.28. The Bertz CT molecular complexity index is 387. The van der Waals surface area contributed by atoms with Gasteiger partial charge in [0.15, 0.2) is 0 Å². The minimum Gasteiger partial charge on any atom is -0.507 e. The van der Waals surface area contributed by atoms with Gasteiger partial charge >= 0.3 is 0 Å². The fraction of sp³-hybridized carbons (Fsp3) is 0.632. The fourth-order valence-electron chi connectivity index (χ4n) is 2.45. The maximum Gasteiger partial charge on any atom is 0.124 e. The van der Waals surface area contributed by atoms with Crippen LogP contribution in [-0.2, 0) is 0 Å². The normalized spacial score (nSPS) is 11.3. The second-order valence-corrected chi connectivity index (χ2v) is 5.78. The number of unbranched alkanes of at least 4 members (excludes halogenated alkanes) is 9. The molecule has 0 spiro atoms. The van der Waals surface area contributed by atoms with Gasteiger partial charge in [-0.05, 0) is 18.6 Å². The third-order valence-electron chi connectivity index (χ3n) is 3.81. The highest BCUT2D eigenvalue weighted by Gasteiger charge is 1.94. The SMILES string of the molecule is CCCCCCCCCCCC/N=C/c1ccccc1O. The third-order valence-corrected chi connectivity index (χ3v) is 3.81. The molecule has 0 unspecified atom stereocenters. The minimum absolute atomic E-state index is 0.310. The van der Waals surface area contributed by atoms with Crippen LogP contribution in [0, 0.1) is 0 Å². The van der Waals surface area contributed by atoms with Crippen molar-refractivity contribution in [3.63, 3.8) is 0 Å². The van der Waals surface area contributed by atoms with Crippen LogP contribution in [0.25, 0.3) is 0 Å². The van der Waals surface area contributed by atoms with E-state index in [2.05, 4.69) is 11.9 Å². The molecule has 1 aromatic rings. The smallest absolute Gasteiger partial charge is 0.124 e. The largest absolute Gasteiger partial charge is 0.507 e. The molecule has 0 amide bonds. The summed E-state index contributed by atoms with van der Waals surface area (Å²) in [5.41, 5.74) is 0.810. The molecule has 0 aromatic heterocycles. The van der Waals surface area contributed by atoms with Gasteiger partial charge in [-0.2, -0.15) is 0 Å². The molecule has 1 aromatic carbocycles. The summed E-state index contributed by atoms with van der Waals surface area (Å²) in [7, 11) is 0. The average molecular weight is 289 g/mol. The van der Waals surface area contributed by atoms with E-state index in [9.17, 15) is 5.11 Å². The van der Waals surface area contributed by atoms with Crippen molar-refractivity contribution in [2.75, 3.05) is 6.54 Å². The van der Waals surface area contributed by atoms with E-state index in [0.717, 1.165) is 18.5 Å². The number of nitrogens with zero attached hydrogens (tertiary/aromatic N) is 1. The highest BCUT2D eigenvalue weighted by Crippen LogP contribution is 2.13. The van der Waals surface area contributed by atoms with E-state index < -0.39 is 0 Å². The van der Waals surface area contributed by atoms with Crippen molar-refractivity contribution in [1.29, 1.82) is 0 Å². The molecule has 0 saturated heterocycles. The Morgan fingerprint density at radius 3 is 2.05 bits per heavy atom. The van der Waals surface area contributed by atoms with Gasteiger partial charge in [-0.15, -0.1) is 0 Å². The minimum atomic E-state index is 0.310. The van der Waals surface area contributed by atoms with Crippen molar-refractivity contribution in [2.24, 2.45) is 4.99 Å².